The van der Waals surface area contributed by atoms with E-state index in [-0.39, 0.29) is 32.2 Å². The molecule has 1 heterocycles. The molecule has 1 aliphatic carbocycles. The fourth-order valence-corrected chi connectivity index (χ4v) is 2.36. The maximum absolute atomic E-state index is 13.1. The van der Waals surface area contributed by atoms with Gasteiger partial charge in [0, 0.05) is 24.8 Å². The summed E-state index contributed by atoms with van der Waals surface area (Å²) in [7, 11) is 0. The minimum Gasteiger partial charge on any atom is -0.330 e. The number of nitrogens with two attached hydrogens (primary N) is 1. The minimum absolute atomic E-state index is 0.206. The first-order chi connectivity index (χ1) is 7.97. The van der Waals surface area contributed by atoms with Crippen LogP contribution in [0.3, 0.4) is 0 Å². The van der Waals surface area contributed by atoms with E-state index < -0.39 is 17.3 Å². The van der Waals surface area contributed by atoms with E-state index >= 15 is 0 Å². The molecule has 0 atom stereocenters. The van der Waals surface area contributed by atoms with Crippen molar-refractivity contribution in [3.63, 3.8) is 0 Å². The fraction of sp³-hybridized carbons (Fsp3) is 0.583. The van der Waals surface area contributed by atoms with Crippen molar-refractivity contribution in [2.24, 2.45) is 5.73 Å². The van der Waals surface area contributed by atoms with E-state index in [0.29, 0.717) is 5.69 Å². The van der Waals surface area contributed by atoms with Crippen LogP contribution in [0.4, 0.5) is 13.2 Å². The SMILES string of the molecule is NCC1(c2cccc(F)n2)CCC(F)(F)CC1. The molecule has 0 aliphatic heterocycles. The third-order valence-corrected chi connectivity index (χ3v) is 3.59. The molecule has 1 aromatic rings. The van der Waals surface area contributed by atoms with Crippen LogP contribution in [0.25, 0.3) is 0 Å². The normalized spacial score (nSPS) is 22.4. The van der Waals surface area contributed by atoms with Crippen LogP contribution in [0.5, 0.6) is 0 Å². The minimum atomic E-state index is -2.62. The van der Waals surface area contributed by atoms with Crippen LogP contribution in [0, 0.1) is 5.95 Å². The zero-order chi connectivity index (χ0) is 12.5. The van der Waals surface area contributed by atoms with Crippen LogP contribution in [-0.2, 0) is 5.41 Å². The maximum Gasteiger partial charge on any atom is 0.248 e. The van der Waals surface area contributed by atoms with E-state index in [1.54, 1.807) is 12.1 Å². The van der Waals surface area contributed by atoms with Crippen molar-refractivity contribution >= 4 is 0 Å². The van der Waals surface area contributed by atoms with E-state index in [2.05, 4.69) is 4.98 Å². The lowest BCUT2D eigenvalue weighted by Gasteiger charge is -2.38. The molecular formula is C12H15F3N2. The second-order valence-corrected chi connectivity index (χ2v) is 4.69. The highest BCUT2D eigenvalue weighted by Gasteiger charge is 2.44. The van der Waals surface area contributed by atoms with Gasteiger partial charge >= 0.3 is 0 Å². The summed E-state index contributed by atoms with van der Waals surface area (Å²) in [4.78, 5) is 3.80. The van der Waals surface area contributed by atoms with Gasteiger partial charge in [-0.3, -0.25) is 0 Å². The summed E-state index contributed by atoms with van der Waals surface area (Å²) in [5, 5.41) is 0. The zero-order valence-corrected chi connectivity index (χ0v) is 9.43. The Bertz CT molecular complexity index is 396. The highest BCUT2D eigenvalue weighted by Crippen LogP contribution is 2.44. The molecule has 0 spiro atoms. The number of pyridine rings is 1. The smallest absolute Gasteiger partial charge is 0.248 e. The molecule has 5 heteroatoms. The van der Waals surface area contributed by atoms with Crippen molar-refractivity contribution in [3.05, 3.63) is 29.8 Å². The van der Waals surface area contributed by atoms with Crippen LogP contribution in [0.15, 0.2) is 18.2 Å². The Morgan fingerprint density at radius 3 is 2.35 bits per heavy atom. The highest BCUT2D eigenvalue weighted by molar-refractivity contribution is 5.19. The average molecular weight is 244 g/mol. The molecule has 0 radical (unpaired) electrons. The van der Waals surface area contributed by atoms with Gasteiger partial charge in [0.05, 0.1) is 5.69 Å². The predicted molar refractivity (Wildman–Crippen MR) is 58.3 cm³/mol. The highest BCUT2D eigenvalue weighted by atomic mass is 19.3. The molecule has 2 N–H and O–H groups in total. The van der Waals surface area contributed by atoms with Crippen LogP contribution < -0.4 is 5.73 Å². The van der Waals surface area contributed by atoms with Crippen molar-refractivity contribution in [1.82, 2.24) is 4.98 Å². The van der Waals surface area contributed by atoms with Crippen molar-refractivity contribution in [3.8, 4) is 0 Å². The molecule has 0 unspecified atom stereocenters. The molecule has 94 valence electrons. The summed E-state index contributed by atoms with van der Waals surface area (Å²) in [5.74, 6) is -3.21. The molecule has 1 saturated carbocycles. The monoisotopic (exact) mass is 244 g/mol. The van der Waals surface area contributed by atoms with Gasteiger partial charge in [0.1, 0.15) is 0 Å². The lowest BCUT2D eigenvalue weighted by atomic mass is 9.70. The summed E-state index contributed by atoms with van der Waals surface area (Å²) < 4.78 is 39.4. The van der Waals surface area contributed by atoms with Gasteiger partial charge < -0.3 is 5.73 Å². The average Bonchev–Trinajstić information content (AvgIpc) is 2.30. The van der Waals surface area contributed by atoms with Gasteiger partial charge in [-0.1, -0.05) is 6.07 Å². The van der Waals surface area contributed by atoms with Gasteiger partial charge in [-0.2, -0.15) is 4.39 Å². The fourth-order valence-electron chi connectivity index (χ4n) is 2.36. The zero-order valence-electron chi connectivity index (χ0n) is 9.43. The van der Waals surface area contributed by atoms with Gasteiger partial charge in [-0.25, -0.2) is 13.8 Å². The van der Waals surface area contributed by atoms with Crippen LogP contribution in [0.2, 0.25) is 0 Å². The summed E-state index contributed by atoms with van der Waals surface area (Å²) in [6.45, 7) is 0.222. The van der Waals surface area contributed by atoms with E-state index in [4.69, 9.17) is 5.73 Å². The van der Waals surface area contributed by atoms with Gasteiger partial charge in [-0.05, 0) is 25.0 Å². The molecule has 0 amide bonds. The molecule has 0 bridgehead atoms. The topological polar surface area (TPSA) is 38.9 Å². The molecule has 17 heavy (non-hydrogen) atoms. The first kappa shape index (κ1) is 12.4. The van der Waals surface area contributed by atoms with E-state index in [0.717, 1.165) is 0 Å². The second-order valence-electron chi connectivity index (χ2n) is 4.69. The molecule has 1 aliphatic rings. The third kappa shape index (κ3) is 2.44. The number of halogens is 3. The van der Waals surface area contributed by atoms with E-state index in [1.807, 2.05) is 0 Å². The maximum atomic E-state index is 13.1. The number of alkyl halides is 2. The Morgan fingerprint density at radius 1 is 1.18 bits per heavy atom. The predicted octanol–water partition coefficient (Wildman–Crippen LogP) is 2.63. The quantitative estimate of drug-likeness (QED) is 0.812. The molecule has 1 aromatic heterocycles. The standard InChI is InChI=1S/C12H15F3N2/c13-10-3-1-2-9(17-10)11(8-16)4-6-12(14,15)7-5-11/h1-3H,4-8,16H2. The Morgan fingerprint density at radius 2 is 1.82 bits per heavy atom. The Hall–Kier alpha value is -1.10. The van der Waals surface area contributed by atoms with E-state index in [1.165, 1.54) is 6.07 Å². The van der Waals surface area contributed by atoms with Crippen LogP contribution in [-0.4, -0.2) is 17.5 Å². The van der Waals surface area contributed by atoms with Crippen molar-refractivity contribution in [2.75, 3.05) is 6.54 Å². The van der Waals surface area contributed by atoms with Crippen LogP contribution >= 0.6 is 0 Å². The molecule has 2 rings (SSSR count). The lowest BCUT2D eigenvalue weighted by molar-refractivity contribution is -0.0514. The van der Waals surface area contributed by atoms with Crippen LogP contribution in [0.1, 0.15) is 31.4 Å². The van der Waals surface area contributed by atoms with Gasteiger partial charge in [0.2, 0.25) is 11.9 Å². The van der Waals surface area contributed by atoms with Gasteiger partial charge in [0.15, 0.2) is 0 Å². The summed E-state index contributed by atoms with van der Waals surface area (Å²) in [6.07, 6.45) is 0.102. The summed E-state index contributed by atoms with van der Waals surface area (Å²) >= 11 is 0. The van der Waals surface area contributed by atoms with Crippen molar-refractivity contribution in [1.29, 1.82) is 0 Å². The number of rotatable bonds is 2. The number of aromatic nitrogens is 1. The molecule has 2 nitrogen and oxygen atoms in total. The Labute approximate surface area is 98.0 Å². The van der Waals surface area contributed by atoms with Crippen molar-refractivity contribution in [2.45, 2.75) is 37.0 Å². The number of hydrogen-bond acceptors (Lipinski definition) is 2. The van der Waals surface area contributed by atoms with Crippen molar-refractivity contribution < 1.29 is 13.2 Å². The lowest BCUT2D eigenvalue weighted by Crippen LogP contribution is -2.42. The first-order valence-corrected chi connectivity index (χ1v) is 5.68. The van der Waals surface area contributed by atoms with Gasteiger partial charge in [-0.15, -0.1) is 0 Å². The molecule has 1 fully saturated rings. The molecule has 0 aromatic carbocycles. The molecular weight excluding hydrogens is 229 g/mol. The summed E-state index contributed by atoms with van der Waals surface area (Å²) in [5.41, 5.74) is 5.60. The second kappa shape index (κ2) is 4.29. The Kier molecular flexibility index (Phi) is 3.12. The summed E-state index contributed by atoms with van der Waals surface area (Å²) in [6, 6.07) is 4.45. The third-order valence-electron chi connectivity index (χ3n) is 3.59. The van der Waals surface area contributed by atoms with Gasteiger partial charge in [0.25, 0.3) is 0 Å². The van der Waals surface area contributed by atoms with E-state index in [9.17, 15) is 13.2 Å². The Balaban J connectivity index is 2.27. The largest absolute Gasteiger partial charge is 0.330 e. The number of nitrogens with zero attached hydrogens (tertiary/aromatic N) is 1. The number of hydrogen-bond donors (Lipinski definition) is 1. The first-order valence-electron chi connectivity index (χ1n) is 5.68. The molecule has 0 saturated heterocycles.